The smallest absolute Gasteiger partial charge is 0.253 e. The minimum absolute atomic E-state index is 0.201. The maximum Gasteiger partial charge on any atom is 0.253 e. The average Bonchev–Trinajstić information content (AvgIpc) is 2.86. The molecule has 0 radical (unpaired) electrons. The van der Waals surface area contributed by atoms with Gasteiger partial charge in [-0.25, -0.2) is 0 Å². The van der Waals surface area contributed by atoms with Crippen LogP contribution in [0.5, 0.6) is 0 Å². The van der Waals surface area contributed by atoms with E-state index in [1.165, 1.54) is 10.4 Å². The zero-order valence-corrected chi connectivity index (χ0v) is 12.1. The first kappa shape index (κ1) is 13.9. The normalized spacial score (nSPS) is 10.4. The number of halogens is 1. The van der Waals surface area contributed by atoms with Crippen LogP contribution in [-0.2, 0) is 13.0 Å². The Kier molecular flexibility index (Phi) is 4.45. The van der Waals surface area contributed by atoms with E-state index in [0.29, 0.717) is 22.8 Å². The maximum atomic E-state index is 12.1. The SMILES string of the molecule is CCc1ccsc1CNC(=O)c1cc(N)ccc1Cl. The summed E-state index contributed by atoms with van der Waals surface area (Å²) in [6, 6.07) is 6.98. The summed E-state index contributed by atoms with van der Waals surface area (Å²) in [4.78, 5) is 13.2. The van der Waals surface area contributed by atoms with Crippen LogP contribution in [0.1, 0.15) is 27.7 Å². The predicted octanol–water partition coefficient (Wildman–Crippen LogP) is 3.48. The van der Waals surface area contributed by atoms with Gasteiger partial charge in [0.2, 0.25) is 0 Å². The van der Waals surface area contributed by atoms with Gasteiger partial charge in [0.1, 0.15) is 0 Å². The molecule has 0 saturated heterocycles. The quantitative estimate of drug-likeness (QED) is 0.848. The number of carbonyl (C=O) groups excluding carboxylic acids is 1. The number of amides is 1. The van der Waals surface area contributed by atoms with Crippen LogP contribution in [0.15, 0.2) is 29.6 Å². The van der Waals surface area contributed by atoms with Gasteiger partial charge in [0.25, 0.3) is 5.91 Å². The standard InChI is InChI=1S/C14H15ClN2OS/c1-2-9-5-6-19-13(9)8-17-14(18)11-7-10(16)3-4-12(11)15/h3-7H,2,8,16H2,1H3,(H,17,18). The third-order valence-corrected chi connectivity index (χ3v) is 4.16. The number of carbonyl (C=O) groups is 1. The number of thiophene rings is 1. The summed E-state index contributed by atoms with van der Waals surface area (Å²) in [6.07, 6.45) is 0.966. The van der Waals surface area contributed by atoms with Crippen molar-refractivity contribution >= 4 is 34.5 Å². The first-order chi connectivity index (χ1) is 9.11. The topological polar surface area (TPSA) is 55.1 Å². The second kappa shape index (κ2) is 6.08. The molecule has 3 nitrogen and oxygen atoms in total. The number of nitrogen functional groups attached to an aromatic ring is 1. The van der Waals surface area contributed by atoms with Gasteiger partial charge in [-0.15, -0.1) is 11.3 Å². The molecule has 5 heteroatoms. The van der Waals surface area contributed by atoms with Crippen molar-refractivity contribution in [3.05, 3.63) is 50.7 Å². The summed E-state index contributed by atoms with van der Waals surface area (Å²) >= 11 is 7.64. The van der Waals surface area contributed by atoms with Crippen LogP contribution >= 0.6 is 22.9 Å². The molecule has 0 aliphatic heterocycles. The highest BCUT2D eigenvalue weighted by molar-refractivity contribution is 7.10. The maximum absolute atomic E-state index is 12.1. The fourth-order valence-electron chi connectivity index (χ4n) is 1.81. The number of nitrogens with two attached hydrogens (primary N) is 1. The van der Waals surface area contributed by atoms with Crippen LogP contribution in [0.4, 0.5) is 5.69 Å². The van der Waals surface area contributed by atoms with Gasteiger partial charge in [-0.05, 0) is 41.6 Å². The van der Waals surface area contributed by atoms with Crippen molar-refractivity contribution in [2.45, 2.75) is 19.9 Å². The number of benzene rings is 1. The molecule has 0 unspecified atom stereocenters. The average molecular weight is 295 g/mol. The van der Waals surface area contributed by atoms with Crippen molar-refractivity contribution in [3.63, 3.8) is 0 Å². The molecule has 0 spiro atoms. The molecule has 100 valence electrons. The monoisotopic (exact) mass is 294 g/mol. The van der Waals surface area contributed by atoms with E-state index < -0.39 is 0 Å². The van der Waals surface area contributed by atoms with Crippen LogP contribution in [0.3, 0.4) is 0 Å². The summed E-state index contributed by atoms with van der Waals surface area (Å²) in [5.41, 5.74) is 7.87. The molecule has 0 saturated carbocycles. The predicted molar refractivity (Wildman–Crippen MR) is 80.7 cm³/mol. The van der Waals surface area contributed by atoms with Gasteiger partial charge in [0.05, 0.1) is 17.1 Å². The fraction of sp³-hybridized carbons (Fsp3) is 0.214. The van der Waals surface area contributed by atoms with Crippen LogP contribution in [-0.4, -0.2) is 5.91 Å². The lowest BCUT2D eigenvalue weighted by Gasteiger charge is -2.07. The van der Waals surface area contributed by atoms with Gasteiger partial charge < -0.3 is 11.1 Å². The number of nitrogens with one attached hydrogen (secondary N) is 1. The highest BCUT2D eigenvalue weighted by atomic mass is 35.5. The molecular formula is C14H15ClN2OS. The Morgan fingerprint density at radius 1 is 1.42 bits per heavy atom. The Labute approximate surface area is 121 Å². The van der Waals surface area contributed by atoms with Gasteiger partial charge in [0.15, 0.2) is 0 Å². The van der Waals surface area contributed by atoms with Crippen molar-refractivity contribution < 1.29 is 4.79 Å². The third kappa shape index (κ3) is 3.28. The van der Waals surface area contributed by atoms with E-state index >= 15 is 0 Å². The fourth-order valence-corrected chi connectivity index (χ4v) is 2.93. The highest BCUT2D eigenvalue weighted by Crippen LogP contribution is 2.20. The number of anilines is 1. The van der Waals surface area contributed by atoms with E-state index in [4.69, 9.17) is 17.3 Å². The number of rotatable bonds is 4. The molecule has 0 atom stereocenters. The van der Waals surface area contributed by atoms with Gasteiger partial charge in [-0.1, -0.05) is 18.5 Å². The highest BCUT2D eigenvalue weighted by Gasteiger charge is 2.11. The molecule has 0 fully saturated rings. The van der Waals surface area contributed by atoms with Crippen molar-refractivity contribution in [3.8, 4) is 0 Å². The Hall–Kier alpha value is -1.52. The Bertz CT molecular complexity index is 595. The summed E-state index contributed by atoms with van der Waals surface area (Å²) in [6.45, 7) is 2.62. The Morgan fingerprint density at radius 3 is 2.95 bits per heavy atom. The summed E-state index contributed by atoms with van der Waals surface area (Å²) in [7, 11) is 0. The summed E-state index contributed by atoms with van der Waals surface area (Å²) in [5.74, 6) is -0.201. The first-order valence-corrected chi connectivity index (χ1v) is 7.26. The van der Waals surface area contributed by atoms with Gasteiger partial charge in [-0.3, -0.25) is 4.79 Å². The number of hydrogen-bond acceptors (Lipinski definition) is 3. The first-order valence-electron chi connectivity index (χ1n) is 6.00. The largest absolute Gasteiger partial charge is 0.399 e. The lowest BCUT2D eigenvalue weighted by molar-refractivity contribution is 0.0951. The van der Waals surface area contributed by atoms with Gasteiger partial charge >= 0.3 is 0 Å². The van der Waals surface area contributed by atoms with E-state index in [9.17, 15) is 4.79 Å². The molecule has 2 aromatic rings. The summed E-state index contributed by atoms with van der Waals surface area (Å²) in [5, 5.41) is 5.32. The van der Waals surface area contributed by atoms with Crippen LogP contribution < -0.4 is 11.1 Å². The Balaban J connectivity index is 2.07. The third-order valence-electron chi connectivity index (χ3n) is 2.86. The lowest BCUT2D eigenvalue weighted by Crippen LogP contribution is -2.23. The van der Waals surface area contributed by atoms with E-state index in [0.717, 1.165) is 6.42 Å². The summed E-state index contributed by atoms with van der Waals surface area (Å²) < 4.78 is 0. The van der Waals surface area contributed by atoms with Gasteiger partial charge in [0, 0.05) is 10.6 Å². The molecule has 1 heterocycles. The molecule has 0 aliphatic carbocycles. The van der Waals surface area contributed by atoms with Crippen LogP contribution in [0.2, 0.25) is 5.02 Å². The lowest BCUT2D eigenvalue weighted by atomic mass is 10.1. The number of aryl methyl sites for hydroxylation is 1. The molecule has 1 aromatic heterocycles. The molecule has 2 rings (SSSR count). The van der Waals surface area contributed by atoms with Crippen molar-refractivity contribution in [2.75, 3.05) is 5.73 Å². The van der Waals surface area contributed by atoms with Crippen LogP contribution in [0.25, 0.3) is 0 Å². The molecule has 0 bridgehead atoms. The second-order valence-corrected chi connectivity index (χ2v) is 5.55. The van der Waals surface area contributed by atoms with Crippen molar-refractivity contribution in [1.82, 2.24) is 5.32 Å². The van der Waals surface area contributed by atoms with Crippen molar-refractivity contribution in [2.24, 2.45) is 0 Å². The Morgan fingerprint density at radius 2 is 2.21 bits per heavy atom. The van der Waals surface area contributed by atoms with Gasteiger partial charge in [-0.2, -0.15) is 0 Å². The molecule has 0 aliphatic rings. The second-order valence-electron chi connectivity index (χ2n) is 4.14. The van der Waals surface area contributed by atoms with E-state index in [1.54, 1.807) is 29.5 Å². The zero-order valence-electron chi connectivity index (χ0n) is 10.6. The van der Waals surface area contributed by atoms with E-state index in [2.05, 4.69) is 18.3 Å². The molecule has 1 aromatic carbocycles. The minimum atomic E-state index is -0.201. The zero-order chi connectivity index (χ0) is 13.8. The number of hydrogen-bond donors (Lipinski definition) is 2. The minimum Gasteiger partial charge on any atom is -0.399 e. The molecule has 19 heavy (non-hydrogen) atoms. The molecule has 1 amide bonds. The van der Waals surface area contributed by atoms with E-state index in [1.807, 2.05) is 5.38 Å². The molecule has 3 N–H and O–H groups in total. The van der Waals surface area contributed by atoms with Crippen molar-refractivity contribution in [1.29, 1.82) is 0 Å². The molecular weight excluding hydrogens is 280 g/mol. The van der Waals surface area contributed by atoms with Crippen LogP contribution in [0, 0.1) is 0 Å². The van der Waals surface area contributed by atoms with E-state index in [-0.39, 0.29) is 5.91 Å².